The molecule has 2 aliphatic rings. The fourth-order valence-electron chi connectivity index (χ4n) is 3.80. The maximum absolute atomic E-state index is 12.4. The Hall–Kier alpha value is -1.86. The van der Waals surface area contributed by atoms with Gasteiger partial charge in [0.2, 0.25) is 0 Å². The minimum Gasteiger partial charge on any atom is -0.468 e. The molecule has 144 valence electrons. The third-order valence-corrected chi connectivity index (χ3v) is 5.50. The van der Waals surface area contributed by atoms with Gasteiger partial charge in [0.1, 0.15) is 11.8 Å². The molecular weight excluding hydrogens is 334 g/mol. The highest BCUT2D eigenvalue weighted by Gasteiger charge is 2.36. The van der Waals surface area contributed by atoms with Crippen LogP contribution in [0.2, 0.25) is 0 Å². The minimum atomic E-state index is -0.307. The third-order valence-electron chi connectivity index (χ3n) is 5.50. The molecule has 1 N–H and O–H groups in total. The first-order valence-corrected chi connectivity index (χ1v) is 9.36. The first-order chi connectivity index (χ1) is 12.5. The summed E-state index contributed by atoms with van der Waals surface area (Å²) in [6, 6.07) is 3.21. The van der Waals surface area contributed by atoms with E-state index in [1.165, 1.54) is 20.0 Å². The van der Waals surface area contributed by atoms with Crippen LogP contribution in [0.25, 0.3) is 0 Å². The predicted octanol–water partition coefficient (Wildman–Crippen LogP) is 1.49. The lowest BCUT2D eigenvalue weighted by molar-refractivity contribution is -0.145. The second kappa shape index (κ2) is 8.22. The van der Waals surface area contributed by atoms with Crippen LogP contribution in [0.3, 0.4) is 0 Å². The summed E-state index contributed by atoms with van der Waals surface area (Å²) in [5.41, 5.74) is 0. The lowest BCUT2D eigenvalue weighted by atomic mass is 9.99. The van der Waals surface area contributed by atoms with Crippen LogP contribution in [0.4, 0.5) is 0 Å². The van der Waals surface area contributed by atoms with E-state index in [0.717, 1.165) is 31.3 Å². The van der Waals surface area contributed by atoms with Crippen LogP contribution < -0.4 is 5.32 Å². The van der Waals surface area contributed by atoms with E-state index in [0.29, 0.717) is 18.7 Å². The standard InChI is InChI=1S/C19H29N3O4/c1-13-6-8-22(9-7-13)12-15-4-5-17(26-15)18(23)20-14-10-16(19(24)25-3)21(2)11-14/h4-5,13-14,16H,6-12H2,1-3H3,(H,20,23)/t14-,16+/m1/s1. The van der Waals surface area contributed by atoms with Gasteiger partial charge in [-0.2, -0.15) is 0 Å². The zero-order valence-electron chi connectivity index (χ0n) is 15.9. The van der Waals surface area contributed by atoms with Crippen molar-refractivity contribution in [1.29, 1.82) is 0 Å². The van der Waals surface area contributed by atoms with E-state index in [1.54, 1.807) is 6.07 Å². The average molecular weight is 363 g/mol. The van der Waals surface area contributed by atoms with Crippen LogP contribution in [-0.4, -0.2) is 67.6 Å². The maximum atomic E-state index is 12.4. The molecule has 2 fully saturated rings. The minimum absolute atomic E-state index is 0.0891. The lowest BCUT2D eigenvalue weighted by Crippen LogP contribution is -2.36. The Morgan fingerprint density at radius 2 is 2.04 bits per heavy atom. The SMILES string of the molecule is COC(=O)[C@@H]1C[C@@H](NC(=O)c2ccc(CN3CCC(C)CC3)o2)CN1C. The second-order valence-electron chi connectivity index (χ2n) is 7.61. The molecule has 0 aromatic carbocycles. The molecular formula is C19H29N3O4. The van der Waals surface area contributed by atoms with Crippen LogP contribution in [0.5, 0.6) is 0 Å². The van der Waals surface area contributed by atoms with Gasteiger partial charge in [0.25, 0.3) is 5.91 Å². The van der Waals surface area contributed by atoms with E-state index >= 15 is 0 Å². The van der Waals surface area contributed by atoms with Crippen LogP contribution in [0, 0.1) is 5.92 Å². The van der Waals surface area contributed by atoms with Crippen LogP contribution >= 0.6 is 0 Å². The largest absolute Gasteiger partial charge is 0.468 e. The number of likely N-dealkylation sites (N-methyl/N-ethyl adjacent to an activating group) is 1. The molecule has 0 radical (unpaired) electrons. The van der Waals surface area contributed by atoms with Gasteiger partial charge < -0.3 is 14.5 Å². The molecule has 26 heavy (non-hydrogen) atoms. The number of hydrogen-bond acceptors (Lipinski definition) is 6. The fraction of sp³-hybridized carbons (Fsp3) is 0.684. The van der Waals surface area contributed by atoms with Crippen molar-refractivity contribution in [2.24, 2.45) is 5.92 Å². The first kappa shape index (κ1) is 18.9. The van der Waals surface area contributed by atoms with Crippen molar-refractivity contribution in [3.8, 4) is 0 Å². The number of hydrogen-bond donors (Lipinski definition) is 1. The highest BCUT2D eigenvalue weighted by atomic mass is 16.5. The van der Waals surface area contributed by atoms with Gasteiger partial charge in [0.15, 0.2) is 5.76 Å². The number of esters is 1. The molecule has 0 bridgehead atoms. The number of amides is 1. The van der Waals surface area contributed by atoms with Gasteiger partial charge in [-0.3, -0.25) is 19.4 Å². The number of nitrogens with zero attached hydrogens (tertiary/aromatic N) is 2. The second-order valence-corrected chi connectivity index (χ2v) is 7.61. The van der Waals surface area contributed by atoms with Crippen molar-refractivity contribution < 1.29 is 18.7 Å². The Morgan fingerprint density at radius 3 is 2.73 bits per heavy atom. The van der Waals surface area contributed by atoms with Crippen LogP contribution in [0.15, 0.2) is 16.5 Å². The molecule has 7 heteroatoms. The summed E-state index contributed by atoms with van der Waals surface area (Å²) in [4.78, 5) is 28.5. The number of furan rings is 1. The predicted molar refractivity (Wildman–Crippen MR) is 96.7 cm³/mol. The number of methoxy groups -OCH3 is 1. The summed E-state index contributed by atoms with van der Waals surface area (Å²) in [6.45, 7) is 5.80. The van der Waals surface area contributed by atoms with Gasteiger partial charge in [-0.15, -0.1) is 0 Å². The molecule has 0 spiro atoms. The molecule has 1 aromatic rings. The quantitative estimate of drug-likeness (QED) is 0.799. The molecule has 0 saturated carbocycles. The van der Waals surface area contributed by atoms with E-state index < -0.39 is 0 Å². The number of nitrogens with one attached hydrogen (secondary N) is 1. The molecule has 2 atom stereocenters. The number of likely N-dealkylation sites (tertiary alicyclic amines) is 2. The Balaban J connectivity index is 1.51. The number of carbonyl (C=O) groups excluding carboxylic acids is 2. The molecule has 2 saturated heterocycles. The fourth-order valence-corrected chi connectivity index (χ4v) is 3.80. The monoisotopic (exact) mass is 363 g/mol. The molecule has 7 nitrogen and oxygen atoms in total. The topological polar surface area (TPSA) is 75.0 Å². The van der Waals surface area contributed by atoms with Gasteiger partial charge in [0.05, 0.1) is 13.7 Å². The summed E-state index contributed by atoms with van der Waals surface area (Å²) in [5, 5.41) is 2.96. The Labute approximate surface area is 154 Å². The van der Waals surface area contributed by atoms with Gasteiger partial charge >= 0.3 is 5.97 Å². The summed E-state index contributed by atoms with van der Waals surface area (Å²) in [6.07, 6.45) is 2.98. The van der Waals surface area contributed by atoms with Crippen molar-refractivity contribution in [3.63, 3.8) is 0 Å². The molecule has 0 aliphatic carbocycles. The number of carbonyl (C=O) groups is 2. The van der Waals surface area contributed by atoms with E-state index in [9.17, 15) is 9.59 Å². The van der Waals surface area contributed by atoms with Crippen LogP contribution in [-0.2, 0) is 16.1 Å². The molecule has 3 rings (SSSR count). The van der Waals surface area contributed by atoms with E-state index in [1.807, 2.05) is 18.0 Å². The Kier molecular flexibility index (Phi) is 5.98. The molecule has 3 heterocycles. The van der Waals surface area contributed by atoms with E-state index in [2.05, 4.69) is 17.1 Å². The lowest BCUT2D eigenvalue weighted by Gasteiger charge is -2.29. The third kappa shape index (κ3) is 4.45. The maximum Gasteiger partial charge on any atom is 0.323 e. The van der Waals surface area contributed by atoms with Gasteiger partial charge in [-0.1, -0.05) is 6.92 Å². The summed E-state index contributed by atoms with van der Waals surface area (Å²) in [5.74, 6) is 1.45. The number of piperidine rings is 1. The van der Waals surface area contributed by atoms with Gasteiger partial charge in [-0.05, 0) is 57.5 Å². The summed E-state index contributed by atoms with van der Waals surface area (Å²) >= 11 is 0. The average Bonchev–Trinajstić information content (AvgIpc) is 3.23. The Bertz CT molecular complexity index is 636. The zero-order valence-corrected chi connectivity index (χ0v) is 15.9. The van der Waals surface area contributed by atoms with Gasteiger partial charge in [-0.25, -0.2) is 0 Å². The molecule has 1 aromatic heterocycles. The van der Waals surface area contributed by atoms with Crippen molar-refractivity contribution in [2.45, 2.75) is 44.8 Å². The highest BCUT2D eigenvalue weighted by molar-refractivity contribution is 5.91. The van der Waals surface area contributed by atoms with Crippen molar-refractivity contribution in [1.82, 2.24) is 15.1 Å². The van der Waals surface area contributed by atoms with E-state index in [4.69, 9.17) is 9.15 Å². The summed E-state index contributed by atoms with van der Waals surface area (Å²) in [7, 11) is 3.24. The van der Waals surface area contributed by atoms with Crippen LogP contribution in [0.1, 0.15) is 42.5 Å². The molecule has 0 unspecified atom stereocenters. The Morgan fingerprint density at radius 1 is 1.31 bits per heavy atom. The normalized spacial score (nSPS) is 25.3. The van der Waals surface area contributed by atoms with Gasteiger partial charge in [0, 0.05) is 12.6 Å². The number of ether oxygens (including phenoxy) is 1. The van der Waals surface area contributed by atoms with E-state index in [-0.39, 0.29) is 24.0 Å². The van der Waals surface area contributed by atoms with Crippen molar-refractivity contribution in [2.75, 3.05) is 33.8 Å². The molecule has 2 aliphatic heterocycles. The zero-order chi connectivity index (χ0) is 18.7. The van der Waals surface area contributed by atoms with Crippen molar-refractivity contribution in [3.05, 3.63) is 23.7 Å². The van der Waals surface area contributed by atoms with Crippen molar-refractivity contribution >= 4 is 11.9 Å². The summed E-state index contributed by atoms with van der Waals surface area (Å²) < 4.78 is 10.6. The number of rotatable bonds is 5. The molecule has 1 amide bonds. The first-order valence-electron chi connectivity index (χ1n) is 9.36. The highest BCUT2D eigenvalue weighted by Crippen LogP contribution is 2.20. The smallest absolute Gasteiger partial charge is 0.323 e.